The van der Waals surface area contributed by atoms with E-state index in [2.05, 4.69) is 25.2 Å². The summed E-state index contributed by atoms with van der Waals surface area (Å²) in [5.41, 5.74) is 14.2. The summed E-state index contributed by atoms with van der Waals surface area (Å²) in [5, 5.41) is 3.22. The van der Waals surface area contributed by atoms with E-state index in [-0.39, 0.29) is 22.9 Å². The number of aliphatic imine (C=N–C) groups is 1. The zero-order chi connectivity index (χ0) is 25.5. The van der Waals surface area contributed by atoms with Crippen LogP contribution < -0.4 is 27.1 Å². The molecule has 36 heavy (non-hydrogen) atoms. The van der Waals surface area contributed by atoms with Gasteiger partial charge in [-0.05, 0) is 74.4 Å². The first-order valence-corrected chi connectivity index (χ1v) is 12.0. The summed E-state index contributed by atoms with van der Waals surface area (Å²) < 4.78 is 20.2. The molecule has 2 aromatic carbocycles. The summed E-state index contributed by atoms with van der Waals surface area (Å²) in [5.74, 6) is 1.24. The molecule has 0 aliphatic carbocycles. The van der Waals surface area contributed by atoms with Gasteiger partial charge < -0.3 is 21.5 Å². The van der Waals surface area contributed by atoms with Crippen LogP contribution >= 0.6 is 0 Å². The molecule has 0 saturated heterocycles. The van der Waals surface area contributed by atoms with Crippen LogP contribution in [0.2, 0.25) is 0 Å². The lowest BCUT2D eigenvalue weighted by molar-refractivity contribution is 0.258. The van der Waals surface area contributed by atoms with Crippen LogP contribution in [0.15, 0.2) is 52.4 Å². The van der Waals surface area contributed by atoms with E-state index in [4.69, 9.17) is 16.2 Å². The van der Waals surface area contributed by atoms with Crippen molar-refractivity contribution in [1.29, 1.82) is 0 Å². The number of nitrogens with zero attached hydrogens (tertiary/aromatic N) is 3. The summed E-state index contributed by atoms with van der Waals surface area (Å²) in [7, 11) is 1.62. The molecule has 3 aromatic rings. The number of ether oxygens (including phenoxy) is 1. The Hall–Kier alpha value is -3.60. The zero-order valence-electron chi connectivity index (χ0n) is 20.4. The highest BCUT2D eigenvalue weighted by molar-refractivity contribution is 6.04. The van der Waals surface area contributed by atoms with Crippen LogP contribution in [0.25, 0.3) is 11.1 Å². The third-order valence-corrected chi connectivity index (χ3v) is 6.09. The average molecular weight is 494 g/mol. The molecule has 2 heterocycles. The van der Waals surface area contributed by atoms with E-state index in [1.165, 1.54) is 12.3 Å². The minimum absolute atomic E-state index is 0.179. The number of rotatable bonds is 11. The van der Waals surface area contributed by atoms with E-state index >= 15 is 0 Å². The van der Waals surface area contributed by atoms with Crippen molar-refractivity contribution in [2.45, 2.75) is 25.8 Å². The fourth-order valence-electron chi connectivity index (χ4n) is 4.17. The first-order chi connectivity index (χ1) is 17.5. The van der Waals surface area contributed by atoms with Crippen molar-refractivity contribution in [1.82, 2.24) is 14.9 Å². The summed E-state index contributed by atoms with van der Waals surface area (Å²) in [6, 6.07) is 10.6. The largest absolute Gasteiger partial charge is 0.497 e. The summed E-state index contributed by atoms with van der Waals surface area (Å²) in [4.78, 5) is 26.3. The van der Waals surface area contributed by atoms with Crippen molar-refractivity contribution in [2.24, 2.45) is 16.5 Å². The lowest BCUT2D eigenvalue weighted by Crippen LogP contribution is -2.28. The van der Waals surface area contributed by atoms with E-state index in [0.29, 0.717) is 43.0 Å². The molecule has 1 aliphatic heterocycles. The van der Waals surface area contributed by atoms with Gasteiger partial charge in [-0.1, -0.05) is 12.1 Å². The fraction of sp³-hybridized carbons (Fsp3) is 0.346. The molecule has 0 radical (unpaired) electrons. The molecule has 0 unspecified atom stereocenters. The molecule has 1 aromatic heterocycles. The molecule has 1 aliphatic rings. The molecule has 0 saturated carbocycles. The molecule has 0 atom stereocenters. The van der Waals surface area contributed by atoms with Crippen LogP contribution in [0.4, 0.5) is 16.0 Å². The maximum absolute atomic E-state index is 15.0. The topological polar surface area (TPSA) is 135 Å². The minimum atomic E-state index is -0.388. The fourth-order valence-corrected chi connectivity index (χ4v) is 4.17. The van der Waals surface area contributed by atoms with Crippen molar-refractivity contribution < 1.29 is 9.13 Å². The normalized spacial score (nSPS) is 13.8. The molecule has 0 fully saturated rings. The molecule has 10 heteroatoms. The Morgan fingerprint density at radius 1 is 1.14 bits per heavy atom. The molecular formula is C26H32FN7O2. The standard InChI is InChI=1S/C26H32FN7O2/c1-36-20-6-7-23-19(12-20)14-24(31-23)32-26-30-15-21(25(35)33-26)17-4-5-18(22(27)13-17)16-34(10-2-8-28)11-3-9-29/h4-7,12-13,15H,2-3,8-11,14,16,28-29H2,1H3,(H2,30,31,32,33,35). The number of aromatic nitrogens is 2. The van der Waals surface area contributed by atoms with Gasteiger partial charge >= 0.3 is 0 Å². The van der Waals surface area contributed by atoms with E-state index in [0.717, 1.165) is 42.9 Å². The Morgan fingerprint density at radius 3 is 2.58 bits per heavy atom. The molecule has 0 bridgehead atoms. The number of aromatic amines is 1. The van der Waals surface area contributed by atoms with Crippen LogP contribution in [-0.2, 0) is 13.0 Å². The lowest BCUT2D eigenvalue weighted by atomic mass is 10.1. The number of halogens is 1. The summed E-state index contributed by atoms with van der Waals surface area (Å²) in [6.07, 6.45) is 3.65. The van der Waals surface area contributed by atoms with E-state index in [1.807, 2.05) is 18.2 Å². The third-order valence-electron chi connectivity index (χ3n) is 6.09. The van der Waals surface area contributed by atoms with E-state index in [1.54, 1.807) is 19.2 Å². The first kappa shape index (κ1) is 25.5. The SMILES string of the molecule is COc1ccc2c(c1)CC(=Nc1ncc(-c3ccc(CN(CCCN)CCCN)c(F)c3)c(=O)[nH]1)N2. The summed E-state index contributed by atoms with van der Waals surface area (Å²) >= 11 is 0. The lowest BCUT2D eigenvalue weighted by Gasteiger charge is -2.22. The molecule has 190 valence electrons. The number of hydrogen-bond donors (Lipinski definition) is 4. The van der Waals surface area contributed by atoms with Crippen LogP contribution in [0.3, 0.4) is 0 Å². The number of nitrogens with two attached hydrogens (primary N) is 2. The molecular weight excluding hydrogens is 461 g/mol. The second-order valence-electron chi connectivity index (χ2n) is 8.70. The van der Waals surface area contributed by atoms with Gasteiger partial charge in [0, 0.05) is 30.4 Å². The highest BCUT2D eigenvalue weighted by Crippen LogP contribution is 2.28. The molecule has 0 spiro atoms. The van der Waals surface area contributed by atoms with Crippen molar-refractivity contribution in [3.63, 3.8) is 0 Å². The molecule has 0 amide bonds. The summed E-state index contributed by atoms with van der Waals surface area (Å²) in [6.45, 7) is 3.17. The van der Waals surface area contributed by atoms with Gasteiger partial charge in [-0.3, -0.25) is 14.7 Å². The smallest absolute Gasteiger partial charge is 0.260 e. The van der Waals surface area contributed by atoms with Crippen molar-refractivity contribution in [2.75, 3.05) is 38.6 Å². The van der Waals surface area contributed by atoms with E-state index < -0.39 is 0 Å². The third kappa shape index (κ3) is 6.14. The number of methoxy groups -OCH3 is 1. The van der Waals surface area contributed by atoms with Crippen molar-refractivity contribution in [3.8, 4) is 16.9 Å². The van der Waals surface area contributed by atoms with Crippen LogP contribution in [-0.4, -0.2) is 54.0 Å². The van der Waals surface area contributed by atoms with Gasteiger partial charge in [0.1, 0.15) is 17.4 Å². The van der Waals surface area contributed by atoms with Crippen molar-refractivity contribution in [3.05, 3.63) is 69.9 Å². The van der Waals surface area contributed by atoms with Crippen LogP contribution in [0, 0.1) is 5.82 Å². The highest BCUT2D eigenvalue weighted by Gasteiger charge is 2.18. The van der Waals surface area contributed by atoms with Gasteiger partial charge in [-0.25, -0.2) is 9.37 Å². The van der Waals surface area contributed by atoms with Gasteiger partial charge in [0.25, 0.3) is 5.56 Å². The Morgan fingerprint density at radius 2 is 1.92 bits per heavy atom. The van der Waals surface area contributed by atoms with Crippen LogP contribution in [0.1, 0.15) is 24.0 Å². The number of fused-ring (bicyclic) bond motifs is 1. The Balaban J connectivity index is 1.48. The Labute approximate surface area is 209 Å². The predicted octanol–water partition coefficient (Wildman–Crippen LogP) is 2.78. The van der Waals surface area contributed by atoms with Gasteiger partial charge in [-0.15, -0.1) is 0 Å². The maximum atomic E-state index is 15.0. The highest BCUT2D eigenvalue weighted by atomic mass is 19.1. The molecule has 9 nitrogen and oxygen atoms in total. The van der Waals surface area contributed by atoms with Gasteiger partial charge in [-0.2, -0.15) is 4.99 Å². The first-order valence-electron chi connectivity index (χ1n) is 12.0. The van der Waals surface area contributed by atoms with Crippen LogP contribution in [0.5, 0.6) is 5.75 Å². The Bertz CT molecular complexity index is 1280. The van der Waals surface area contributed by atoms with Gasteiger partial charge in [0.2, 0.25) is 5.95 Å². The minimum Gasteiger partial charge on any atom is -0.497 e. The number of hydrogen-bond acceptors (Lipinski definition) is 7. The average Bonchev–Trinajstić information content (AvgIpc) is 3.28. The number of H-pyrrole nitrogens is 1. The number of amidine groups is 1. The number of benzene rings is 2. The predicted molar refractivity (Wildman–Crippen MR) is 140 cm³/mol. The number of nitrogens with one attached hydrogen (secondary N) is 2. The van der Waals surface area contributed by atoms with Gasteiger partial charge in [0.15, 0.2) is 0 Å². The van der Waals surface area contributed by atoms with Gasteiger partial charge in [0.05, 0.1) is 12.7 Å². The van der Waals surface area contributed by atoms with E-state index in [9.17, 15) is 9.18 Å². The quantitative estimate of drug-likeness (QED) is 0.323. The Kier molecular flexibility index (Phi) is 8.42. The second-order valence-corrected chi connectivity index (χ2v) is 8.70. The molecule has 4 rings (SSSR count). The maximum Gasteiger partial charge on any atom is 0.260 e. The zero-order valence-corrected chi connectivity index (χ0v) is 20.4. The number of anilines is 1. The molecule has 6 N–H and O–H groups in total. The second kappa shape index (κ2) is 11.9. The monoisotopic (exact) mass is 493 g/mol. The van der Waals surface area contributed by atoms with Crippen molar-refractivity contribution >= 4 is 17.5 Å².